The van der Waals surface area contributed by atoms with Crippen LogP contribution in [0.1, 0.15) is 6.92 Å². The Morgan fingerprint density at radius 2 is 2.25 bits per heavy atom. The van der Waals surface area contributed by atoms with Gasteiger partial charge in [-0.2, -0.15) is 0 Å². The number of nitrogens with one attached hydrogen (secondary N) is 1. The maximum absolute atomic E-state index is 10.6. The van der Waals surface area contributed by atoms with Crippen molar-refractivity contribution in [2.75, 3.05) is 12.4 Å². The molecular weight excluding hydrogens is 154 g/mol. The zero-order valence-corrected chi connectivity index (χ0v) is 6.97. The SMILES string of the molecule is COc1[c]cc(NC(C)=O)[c]c1. The van der Waals surface area contributed by atoms with Gasteiger partial charge in [0.2, 0.25) is 5.91 Å². The molecular formula is C9H9NO2. The normalized spacial score (nSPS) is 9.17. The molecule has 0 aliphatic carbocycles. The Morgan fingerprint density at radius 3 is 2.67 bits per heavy atom. The lowest BCUT2D eigenvalue weighted by molar-refractivity contribution is -0.114. The van der Waals surface area contributed by atoms with E-state index in [1.54, 1.807) is 19.2 Å². The maximum atomic E-state index is 10.6. The number of ether oxygens (including phenoxy) is 1. The summed E-state index contributed by atoms with van der Waals surface area (Å²) in [6, 6.07) is 8.88. The molecule has 0 aromatic heterocycles. The van der Waals surface area contributed by atoms with Crippen molar-refractivity contribution in [1.82, 2.24) is 0 Å². The molecule has 3 heteroatoms. The maximum Gasteiger partial charge on any atom is 0.221 e. The third-order valence-electron chi connectivity index (χ3n) is 1.25. The fraction of sp³-hybridized carbons (Fsp3) is 0.222. The summed E-state index contributed by atoms with van der Waals surface area (Å²) in [5.74, 6) is 0.480. The topological polar surface area (TPSA) is 38.3 Å². The van der Waals surface area contributed by atoms with Gasteiger partial charge in [0, 0.05) is 24.7 Å². The second-order valence-electron chi connectivity index (χ2n) is 2.24. The van der Waals surface area contributed by atoms with E-state index in [1.807, 2.05) is 0 Å². The van der Waals surface area contributed by atoms with Gasteiger partial charge in [0.25, 0.3) is 0 Å². The van der Waals surface area contributed by atoms with Crippen LogP contribution in [-0.4, -0.2) is 13.0 Å². The van der Waals surface area contributed by atoms with Crippen molar-refractivity contribution in [2.24, 2.45) is 0 Å². The molecule has 12 heavy (non-hydrogen) atoms. The van der Waals surface area contributed by atoms with Crippen LogP contribution < -0.4 is 10.1 Å². The first kappa shape index (κ1) is 8.59. The molecule has 0 aliphatic heterocycles. The number of anilines is 1. The number of amides is 1. The minimum absolute atomic E-state index is 0.121. The highest BCUT2D eigenvalue weighted by Crippen LogP contribution is 2.12. The average Bonchev–Trinajstić information content (AvgIpc) is 2.05. The van der Waals surface area contributed by atoms with Crippen LogP contribution in [-0.2, 0) is 4.79 Å². The van der Waals surface area contributed by atoms with E-state index in [2.05, 4.69) is 17.4 Å². The zero-order valence-electron chi connectivity index (χ0n) is 6.97. The van der Waals surface area contributed by atoms with Crippen molar-refractivity contribution in [3.05, 3.63) is 24.3 Å². The highest BCUT2D eigenvalue weighted by atomic mass is 16.5. The van der Waals surface area contributed by atoms with Crippen molar-refractivity contribution in [3.8, 4) is 5.75 Å². The summed E-state index contributed by atoms with van der Waals surface area (Å²) in [6.45, 7) is 1.44. The van der Waals surface area contributed by atoms with Gasteiger partial charge in [-0.1, -0.05) is 0 Å². The van der Waals surface area contributed by atoms with Crippen LogP contribution in [0.2, 0.25) is 0 Å². The Labute approximate surface area is 71.4 Å². The summed E-state index contributed by atoms with van der Waals surface area (Å²) in [6.07, 6.45) is 0. The van der Waals surface area contributed by atoms with Gasteiger partial charge < -0.3 is 10.1 Å². The highest BCUT2D eigenvalue weighted by Gasteiger charge is 1.95. The van der Waals surface area contributed by atoms with E-state index in [-0.39, 0.29) is 5.91 Å². The minimum atomic E-state index is -0.121. The Balaban J connectivity index is 2.71. The molecule has 0 spiro atoms. The van der Waals surface area contributed by atoms with Crippen LogP contribution in [0.25, 0.3) is 0 Å². The molecule has 1 rings (SSSR count). The fourth-order valence-corrected chi connectivity index (χ4v) is 0.750. The number of carbonyl (C=O) groups is 1. The summed E-state index contributed by atoms with van der Waals surface area (Å²) in [5, 5.41) is 2.57. The van der Waals surface area contributed by atoms with Crippen molar-refractivity contribution in [3.63, 3.8) is 0 Å². The predicted molar refractivity (Wildman–Crippen MR) is 45.0 cm³/mol. The standard InChI is InChI=1S/C9H9NO2/c1-7(11)10-8-3-5-9(12-2)6-4-8/h3,6H,1-2H3,(H,10,11). The van der Waals surface area contributed by atoms with Gasteiger partial charge in [-0.15, -0.1) is 0 Å². The quantitative estimate of drug-likeness (QED) is 0.712. The van der Waals surface area contributed by atoms with E-state index in [1.165, 1.54) is 6.92 Å². The lowest BCUT2D eigenvalue weighted by Gasteiger charge is -2.01. The van der Waals surface area contributed by atoms with Gasteiger partial charge in [-0.3, -0.25) is 4.79 Å². The molecule has 0 aliphatic rings. The Morgan fingerprint density at radius 1 is 1.50 bits per heavy atom. The summed E-state index contributed by atoms with van der Waals surface area (Å²) < 4.78 is 4.87. The van der Waals surface area contributed by atoms with Crippen LogP contribution in [0.4, 0.5) is 5.69 Å². The van der Waals surface area contributed by atoms with Crippen LogP contribution in [0, 0.1) is 12.1 Å². The summed E-state index contributed by atoms with van der Waals surface area (Å²) in [7, 11) is 1.55. The van der Waals surface area contributed by atoms with E-state index in [0.717, 1.165) is 0 Å². The molecule has 0 saturated heterocycles. The zero-order chi connectivity index (χ0) is 8.97. The molecule has 0 heterocycles. The third-order valence-corrected chi connectivity index (χ3v) is 1.25. The van der Waals surface area contributed by atoms with Crippen molar-refractivity contribution in [1.29, 1.82) is 0 Å². The second-order valence-corrected chi connectivity index (χ2v) is 2.24. The number of rotatable bonds is 2. The fourth-order valence-electron chi connectivity index (χ4n) is 0.750. The number of hydrogen-bond acceptors (Lipinski definition) is 2. The molecule has 0 atom stereocenters. The van der Waals surface area contributed by atoms with Gasteiger partial charge >= 0.3 is 0 Å². The number of methoxy groups -OCH3 is 1. The number of benzene rings is 1. The molecule has 1 aromatic rings. The van der Waals surface area contributed by atoms with Gasteiger partial charge in [-0.25, -0.2) is 0 Å². The van der Waals surface area contributed by atoms with E-state index in [0.29, 0.717) is 11.4 Å². The van der Waals surface area contributed by atoms with E-state index in [9.17, 15) is 4.79 Å². The predicted octanol–water partition coefficient (Wildman–Crippen LogP) is 1.25. The Bertz CT molecular complexity index is 266. The van der Waals surface area contributed by atoms with E-state index >= 15 is 0 Å². The second kappa shape index (κ2) is 3.76. The monoisotopic (exact) mass is 163 g/mol. The number of hydrogen-bond donors (Lipinski definition) is 1. The van der Waals surface area contributed by atoms with Crippen molar-refractivity contribution < 1.29 is 9.53 Å². The molecule has 1 aromatic carbocycles. The van der Waals surface area contributed by atoms with Gasteiger partial charge in [-0.05, 0) is 12.1 Å². The summed E-state index contributed by atoms with van der Waals surface area (Å²) >= 11 is 0. The molecule has 0 bridgehead atoms. The molecule has 62 valence electrons. The Kier molecular flexibility index (Phi) is 2.69. The first-order valence-electron chi connectivity index (χ1n) is 3.47. The molecule has 0 unspecified atom stereocenters. The van der Waals surface area contributed by atoms with Crippen molar-refractivity contribution in [2.45, 2.75) is 6.92 Å². The molecule has 2 radical (unpaired) electrons. The average molecular weight is 163 g/mol. The van der Waals surface area contributed by atoms with Crippen molar-refractivity contribution >= 4 is 11.6 Å². The first-order chi connectivity index (χ1) is 5.72. The Hall–Kier alpha value is -1.51. The lowest BCUT2D eigenvalue weighted by atomic mass is 10.3. The van der Waals surface area contributed by atoms with E-state index in [4.69, 9.17) is 4.74 Å². The molecule has 1 N–H and O–H groups in total. The highest BCUT2D eigenvalue weighted by molar-refractivity contribution is 5.88. The van der Waals surface area contributed by atoms with Crippen LogP contribution in [0.5, 0.6) is 5.75 Å². The third kappa shape index (κ3) is 2.27. The lowest BCUT2D eigenvalue weighted by Crippen LogP contribution is -2.05. The van der Waals surface area contributed by atoms with Crippen LogP contribution >= 0.6 is 0 Å². The molecule has 0 saturated carbocycles. The van der Waals surface area contributed by atoms with Gasteiger partial charge in [0.05, 0.1) is 7.11 Å². The minimum Gasteiger partial charge on any atom is -0.496 e. The van der Waals surface area contributed by atoms with Gasteiger partial charge in [0.15, 0.2) is 0 Å². The smallest absolute Gasteiger partial charge is 0.221 e. The molecule has 1 amide bonds. The summed E-state index contributed by atoms with van der Waals surface area (Å²) in [4.78, 5) is 10.6. The number of carbonyl (C=O) groups excluding carboxylic acids is 1. The molecule has 0 fully saturated rings. The largest absolute Gasteiger partial charge is 0.496 e. The van der Waals surface area contributed by atoms with Crippen LogP contribution in [0.3, 0.4) is 0 Å². The van der Waals surface area contributed by atoms with Gasteiger partial charge in [0.1, 0.15) is 5.75 Å². The van der Waals surface area contributed by atoms with Crippen LogP contribution in [0.15, 0.2) is 12.1 Å². The summed E-state index contributed by atoms with van der Waals surface area (Å²) in [5.41, 5.74) is 0.600. The first-order valence-corrected chi connectivity index (χ1v) is 3.47. The molecule has 3 nitrogen and oxygen atoms in total. The van der Waals surface area contributed by atoms with E-state index < -0.39 is 0 Å².